The standard InChI is InChI=1S/C24H15BrFN/c25-18-12-17(13-19(26)15-18)16-10-11-24-22(14-16)21-8-4-5-9-23(21)27(24)20-6-2-1-3-7-20/h1-15H. The Kier molecular flexibility index (Phi) is 3.83. The monoisotopic (exact) mass is 415 g/mol. The third-order valence-corrected chi connectivity index (χ3v) is 5.34. The van der Waals surface area contributed by atoms with Crippen LogP contribution in [0.1, 0.15) is 0 Å². The third-order valence-electron chi connectivity index (χ3n) is 4.88. The van der Waals surface area contributed by atoms with Crippen LogP contribution in [0.2, 0.25) is 0 Å². The van der Waals surface area contributed by atoms with Crippen LogP contribution in [0.25, 0.3) is 38.6 Å². The minimum Gasteiger partial charge on any atom is -0.309 e. The number of para-hydroxylation sites is 2. The van der Waals surface area contributed by atoms with Gasteiger partial charge in [-0.3, -0.25) is 0 Å². The minimum atomic E-state index is -0.244. The number of hydrogen-bond acceptors (Lipinski definition) is 0. The van der Waals surface area contributed by atoms with Crippen molar-refractivity contribution in [2.45, 2.75) is 0 Å². The molecule has 0 amide bonds. The summed E-state index contributed by atoms with van der Waals surface area (Å²) in [5.74, 6) is -0.244. The summed E-state index contributed by atoms with van der Waals surface area (Å²) in [7, 11) is 0. The van der Waals surface area contributed by atoms with Gasteiger partial charge in [0.15, 0.2) is 0 Å². The molecule has 0 spiro atoms. The lowest BCUT2D eigenvalue weighted by Gasteiger charge is -2.08. The van der Waals surface area contributed by atoms with Crippen molar-refractivity contribution in [1.29, 1.82) is 0 Å². The molecular formula is C24H15BrFN. The van der Waals surface area contributed by atoms with Gasteiger partial charge in [-0.05, 0) is 59.7 Å². The van der Waals surface area contributed by atoms with Gasteiger partial charge < -0.3 is 4.57 Å². The molecule has 1 heterocycles. The Hall–Kier alpha value is -2.91. The van der Waals surface area contributed by atoms with Crippen LogP contribution in [0, 0.1) is 5.82 Å². The molecule has 0 saturated heterocycles. The van der Waals surface area contributed by atoms with Crippen LogP contribution in [0.3, 0.4) is 0 Å². The highest BCUT2D eigenvalue weighted by molar-refractivity contribution is 9.10. The van der Waals surface area contributed by atoms with E-state index in [1.807, 2.05) is 12.1 Å². The fourth-order valence-electron chi connectivity index (χ4n) is 3.73. The largest absolute Gasteiger partial charge is 0.309 e. The summed E-state index contributed by atoms with van der Waals surface area (Å²) in [6.45, 7) is 0. The molecule has 5 rings (SSSR count). The lowest BCUT2D eigenvalue weighted by Crippen LogP contribution is -1.92. The van der Waals surface area contributed by atoms with Crippen LogP contribution < -0.4 is 0 Å². The Morgan fingerprint density at radius 2 is 1.37 bits per heavy atom. The Morgan fingerprint density at radius 3 is 2.19 bits per heavy atom. The van der Waals surface area contributed by atoms with Gasteiger partial charge in [-0.25, -0.2) is 4.39 Å². The van der Waals surface area contributed by atoms with Crippen LogP contribution in [-0.2, 0) is 0 Å². The first-order chi connectivity index (χ1) is 13.2. The van der Waals surface area contributed by atoms with E-state index in [1.165, 1.54) is 11.5 Å². The van der Waals surface area contributed by atoms with Gasteiger partial charge in [-0.1, -0.05) is 58.4 Å². The van der Waals surface area contributed by atoms with E-state index >= 15 is 0 Å². The van der Waals surface area contributed by atoms with Gasteiger partial charge in [-0.15, -0.1) is 0 Å². The zero-order valence-corrected chi connectivity index (χ0v) is 15.9. The molecule has 130 valence electrons. The minimum absolute atomic E-state index is 0.244. The summed E-state index contributed by atoms with van der Waals surface area (Å²) in [5, 5.41) is 2.35. The van der Waals surface area contributed by atoms with E-state index in [4.69, 9.17) is 0 Å². The molecule has 1 nitrogen and oxygen atoms in total. The highest BCUT2D eigenvalue weighted by Gasteiger charge is 2.13. The van der Waals surface area contributed by atoms with E-state index in [0.717, 1.165) is 37.7 Å². The van der Waals surface area contributed by atoms with Crippen molar-refractivity contribution < 1.29 is 4.39 Å². The fraction of sp³-hybridized carbons (Fsp3) is 0. The molecule has 0 radical (unpaired) electrons. The first kappa shape index (κ1) is 16.3. The van der Waals surface area contributed by atoms with E-state index in [2.05, 4.69) is 87.2 Å². The molecule has 27 heavy (non-hydrogen) atoms. The second-order valence-electron chi connectivity index (χ2n) is 6.58. The molecule has 0 saturated carbocycles. The van der Waals surface area contributed by atoms with E-state index in [0.29, 0.717) is 0 Å². The zero-order chi connectivity index (χ0) is 18.4. The van der Waals surface area contributed by atoms with Gasteiger partial charge in [0.2, 0.25) is 0 Å². The van der Waals surface area contributed by atoms with Crippen molar-refractivity contribution in [3.8, 4) is 16.8 Å². The molecule has 0 bridgehead atoms. The summed E-state index contributed by atoms with van der Waals surface area (Å²) in [4.78, 5) is 0. The van der Waals surface area contributed by atoms with Gasteiger partial charge in [-0.2, -0.15) is 0 Å². The fourth-order valence-corrected chi connectivity index (χ4v) is 4.19. The maximum absolute atomic E-state index is 13.9. The molecule has 0 aliphatic carbocycles. The Balaban J connectivity index is 1.83. The van der Waals surface area contributed by atoms with Crippen molar-refractivity contribution in [1.82, 2.24) is 4.57 Å². The zero-order valence-electron chi connectivity index (χ0n) is 14.4. The summed E-state index contributed by atoms with van der Waals surface area (Å²) in [6.07, 6.45) is 0. The predicted octanol–water partition coefficient (Wildman–Crippen LogP) is 7.35. The Labute approximate surface area is 164 Å². The SMILES string of the molecule is Fc1cc(Br)cc(-c2ccc3c(c2)c2ccccc2n3-c2ccccc2)c1. The van der Waals surface area contributed by atoms with Crippen molar-refractivity contribution in [3.05, 3.63) is 101 Å². The van der Waals surface area contributed by atoms with Crippen LogP contribution in [0.5, 0.6) is 0 Å². The number of aromatic nitrogens is 1. The van der Waals surface area contributed by atoms with E-state index < -0.39 is 0 Å². The van der Waals surface area contributed by atoms with Crippen molar-refractivity contribution >= 4 is 37.7 Å². The molecule has 4 aromatic carbocycles. The number of rotatable bonds is 2. The lowest BCUT2D eigenvalue weighted by molar-refractivity contribution is 0.627. The first-order valence-corrected chi connectivity index (χ1v) is 9.55. The molecule has 1 aromatic heterocycles. The van der Waals surface area contributed by atoms with Gasteiger partial charge in [0.05, 0.1) is 11.0 Å². The number of nitrogens with zero attached hydrogens (tertiary/aromatic N) is 1. The average molecular weight is 416 g/mol. The van der Waals surface area contributed by atoms with Crippen LogP contribution >= 0.6 is 15.9 Å². The highest BCUT2D eigenvalue weighted by Crippen LogP contribution is 2.35. The molecule has 0 aliphatic heterocycles. The Morgan fingerprint density at radius 1 is 0.630 bits per heavy atom. The molecule has 0 aliphatic rings. The maximum atomic E-state index is 13.9. The van der Waals surface area contributed by atoms with Crippen LogP contribution in [-0.4, -0.2) is 4.57 Å². The number of halogens is 2. The summed E-state index contributed by atoms with van der Waals surface area (Å²) >= 11 is 3.39. The Bertz CT molecular complexity index is 1270. The topological polar surface area (TPSA) is 4.93 Å². The van der Waals surface area contributed by atoms with E-state index in [9.17, 15) is 4.39 Å². The van der Waals surface area contributed by atoms with Gasteiger partial charge in [0.25, 0.3) is 0 Å². The van der Waals surface area contributed by atoms with Crippen LogP contribution in [0.4, 0.5) is 4.39 Å². The number of fused-ring (bicyclic) bond motifs is 3. The smallest absolute Gasteiger partial charge is 0.124 e. The number of hydrogen-bond donors (Lipinski definition) is 0. The molecule has 0 atom stereocenters. The van der Waals surface area contributed by atoms with Crippen molar-refractivity contribution in [2.75, 3.05) is 0 Å². The lowest BCUT2D eigenvalue weighted by atomic mass is 10.0. The second-order valence-corrected chi connectivity index (χ2v) is 7.49. The van der Waals surface area contributed by atoms with Crippen LogP contribution in [0.15, 0.2) is 95.5 Å². The molecule has 3 heteroatoms. The summed E-state index contributed by atoms with van der Waals surface area (Å²) in [6, 6.07) is 30.1. The van der Waals surface area contributed by atoms with Crippen molar-refractivity contribution in [3.63, 3.8) is 0 Å². The summed E-state index contributed by atoms with van der Waals surface area (Å²) in [5.41, 5.74) is 5.29. The van der Waals surface area contributed by atoms with Gasteiger partial charge >= 0.3 is 0 Å². The molecular weight excluding hydrogens is 401 g/mol. The highest BCUT2D eigenvalue weighted by atomic mass is 79.9. The first-order valence-electron chi connectivity index (χ1n) is 8.76. The normalized spacial score (nSPS) is 11.3. The second kappa shape index (κ2) is 6.36. The molecule has 0 fully saturated rings. The van der Waals surface area contributed by atoms with Crippen molar-refractivity contribution in [2.24, 2.45) is 0 Å². The molecule has 0 N–H and O–H groups in total. The summed E-state index contributed by atoms with van der Waals surface area (Å²) < 4.78 is 16.9. The molecule has 5 aromatic rings. The average Bonchev–Trinajstić information content (AvgIpc) is 3.01. The van der Waals surface area contributed by atoms with E-state index in [-0.39, 0.29) is 5.82 Å². The quantitative estimate of drug-likeness (QED) is 0.284. The molecule has 0 unspecified atom stereocenters. The van der Waals surface area contributed by atoms with Gasteiger partial charge in [0, 0.05) is 20.9 Å². The van der Waals surface area contributed by atoms with Gasteiger partial charge in [0.1, 0.15) is 5.82 Å². The third kappa shape index (κ3) is 2.75. The number of benzene rings is 4. The predicted molar refractivity (Wildman–Crippen MR) is 114 cm³/mol. The van der Waals surface area contributed by atoms with E-state index in [1.54, 1.807) is 6.07 Å². The maximum Gasteiger partial charge on any atom is 0.124 e.